The smallest absolute Gasteiger partial charge is 0.184 e. The highest BCUT2D eigenvalue weighted by Gasteiger charge is 2.37. The Kier molecular flexibility index (Phi) is 4.15. The van der Waals surface area contributed by atoms with Crippen LogP contribution in [-0.2, 0) is 4.79 Å². The summed E-state index contributed by atoms with van der Waals surface area (Å²) in [5.74, 6) is -0.0756. The zero-order valence-corrected chi connectivity index (χ0v) is 11.6. The largest absolute Gasteiger partial charge is 0.384 e. The molecular formula is C14H22O4. The van der Waals surface area contributed by atoms with Gasteiger partial charge in [-0.25, -0.2) is 0 Å². The zero-order chi connectivity index (χ0) is 14.2. The number of carbonyl (C=O) groups is 1. The standard InChI is InChI=1S/C14H22O4/c1-7-8(2)13(18)11(9(3)12(7)17)14(4,5)6-10(15)16/h10,13,15-16,18H,6H2,1-5H3. The van der Waals surface area contributed by atoms with Crippen LogP contribution in [0.15, 0.2) is 22.3 Å². The highest BCUT2D eigenvalue weighted by molar-refractivity contribution is 6.10. The summed E-state index contributed by atoms with van der Waals surface area (Å²) < 4.78 is 0. The second-order valence-electron chi connectivity index (χ2n) is 5.65. The summed E-state index contributed by atoms with van der Waals surface area (Å²) in [6.45, 7) is 8.72. The number of aliphatic hydroxyl groups excluding tert-OH is 2. The first-order valence-electron chi connectivity index (χ1n) is 6.07. The first-order valence-corrected chi connectivity index (χ1v) is 6.07. The van der Waals surface area contributed by atoms with E-state index in [2.05, 4.69) is 0 Å². The Labute approximate surface area is 108 Å². The highest BCUT2D eigenvalue weighted by Crippen LogP contribution is 2.41. The van der Waals surface area contributed by atoms with Crippen LogP contribution < -0.4 is 0 Å². The highest BCUT2D eigenvalue weighted by atomic mass is 16.5. The first-order chi connectivity index (χ1) is 8.09. The molecule has 1 aliphatic rings. The lowest BCUT2D eigenvalue weighted by Gasteiger charge is -2.36. The summed E-state index contributed by atoms with van der Waals surface area (Å²) in [6, 6.07) is 0. The zero-order valence-electron chi connectivity index (χ0n) is 11.6. The van der Waals surface area contributed by atoms with Crippen LogP contribution in [0.5, 0.6) is 0 Å². The van der Waals surface area contributed by atoms with Gasteiger partial charge in [0.1, 0.15) is 0 Å². The molecule has 0 aliphatic heterocycles. The number of allylic oxidation sites excluding steroid dienone is 2. The lowest BCUT2D eigenvalue weighted by molar-refractivity contribution is -0.113. The number of hydrogen-bond donors (Lipinski definition) is 3. The molecule has 0 saturated carbocycles. The van der Waals surface area contributed by atoms with Gasteiger partial charge < -0.3 is 15.3 Å². The maximum absolute atomic E-state index is 12.1. The van der Waals surface area contributed by atoms with Gasteiger partial charge >= 0.3 is 0 Å². The summed E-state index contributed by atoms with van der Waals surface area (Å²) in [5, 5.41) is 28.6. The van der Waals surface area contributed by atoms with E-state index in [4.69, 9.17) is 10.2 Å². The van der Waals surface area contributed by atoms with Crippen molar-refractivity contribution in [1.82, 2.24) is 0 Å². The van der Waals surface area contributed by atoms with Crippen LogP contribution in [0.3, 0.4) is 0 Å². The van der Waals surface area contributed by atoms with Crippen molar-refractivity contribution in [3.05, 3.63) is 22.3 Å². The van der Waals surface area contributed by atoms with Gasteiger partial charge in [-0.05, 0) is 48.5 Å². The molecule has 3 N–H and O–H groups in total. The van der Waals surface area contributed by atoms with Crippen LogP contribution in [0.25, 0.3) is 0 Å². The van der Waals surface area contributed by atoms with Gasteiger partial charge in [0.25, 0.3) is 0 Å². The third-order valence-electron chi connectivity index (χ3n) is 3.78. The van der Waals surface area contributed by atoms with E-state index < -0.39 is 17.8 Å². The first kappa shape index (κ1) is 15.1. The molecule has 1 rings (SSSR count). The Morgan fingerprint density at radius 1 is 1.17 bits per heavy atom. The molecule has 1 aliphatic carbocycles. The lowest BCUT2D eigenvalue weighted by atomic mass is 9.70. The molecule has 0 amide bonds. The molecule has 0 aromatic rings. The summed E-state index contributed by atoms with van der Waals surface area (Å²) in [6.07, 6.45) is -2.21. The van der Waals surface area contributed by atoms with Crippen LogP contribution in [-0.4, -0.2) is 33.5 Å². The van der Waals surface area contributed by atoms with E-state index in [1.54, 1.807) is 34.6 Å². The van der Waals surface area contributed by atoms with Gasteiger partial charge in [-0.15, -0.1) is 0 Å². The van der Waals surface area contributed by atoms with Crippen molar-refractivity contribution in [3.8, 4) is 0 Å². The van der Waals surface area contributed by atoms with Gasteiger partial charge in [-0.2, -0.15) is 0 Å². The van der Waals surface area contributed by atoms with E-state index in [0.717, 1.165) is 0 Å². The molecule has 102 valence electrons. The monoisotopic (exact) mass is 254 g/mol. The van der Waals surface area contributed by atoms with Crippen molar-refractivity contribution in [2.24, 2.45) is 5.41 Å². The van der Waals surface area contributed by atoms with Crippen LogP contribution in [0, 0.1) is 5.41 Å². The second kappa shape index (κ2) is 4.96. The molecule has 0 spiro atoms. The fourth-order valence-electron chi connectivity index (χ4n) is 2.65. The Hall–Kier alpha value is -0.970. The normalized spacial score (nSPS) is 22.3. The summed E-state index contributed by atoms with van der Waals surface area (Å²) >= 11 is 0. The number of aliphatic hydroxyl groups is 3. The molecule has 4 heteroatoms. The van der Waals surface area contributed by atoms with Crippen LogP contribution >= 0.6 is 0 Å². The lowest BCUT2D eigenvalue weighted by Crippen LogP contribution is -2.35. The van der Waals surface area contributed by atoms with Crippen LogP contribution in [0.4, 0.5) is 0 Å². The van der Waals surface area contributed by atoms with Gasteiger partial charge in [-0.3, -0.25) is 4.79 Å². The van der Waals surface area contributed by atoms with Gasteiger partial charge in [0.15, 0.2) is 12.1 Å². The molecular weight excluding hydrogens is 232 g/mol. The average Bonchev–Trinajstić information content (AvgIpc) is 2.21. The maximum atomic E-state index is 12.1. The maximum Gasteiger partial charge on any atom is 0.184 e. The molecule has 18 heavy (non-hydrogen) atoms. The molecule has 1 atom stereocenters. The molecule has 1 unspecified atom stereocenters. The van der Waals surface area contributed by atoms with E-state index in [1.165, 1.54) is 0 Å². The number of ketones is 1. The number of carbonyl (C=O) groups excluding carboxylic acids is 1. The van der Waals surface area contributed by atoms with Gasteiger partial charge in [0.2, 0.25) is 0 Å². The van der Waals surface area contributed by atoms with Crippen LogP contribution in [0.2, 0.25) is 0 Å². The predicted octanol–water partition coefficient (Wildman–Crippen LogP) is 1.31. The minimum atomic E-state index is -1.46. The van der Waals surface area contributed by atoms with Gasteiger partial charge in [0, 0.05) is 6.42 Å². The van der Waals surface area contributed by atoms with E-state index >= 15 is 0 Å². The van der Waals surface area contributed by atoms with E-state index in [-0.39, 0.29) is 12.2 Å². The SMILES string of the molecule is CC1=C(C)C(O)C(C(C)(C)CC(O)O)=C(C)C1=O. The molecule has 4 nitrogen and oxygen atoms in total. The summed E-state index contributed by atoms with van der Waals surface area (Å²) in [4.78, 5) is 12.1. The third-order valence-corrected chi connectivity index (χ3v) is 3.78. The topological polar surface area (TPSA) is 77.8 Å². The van der Waals surface area contributed by atoms with Crippen molar-refractivity contribution in [2.45, 2.75) is 53.4 Å². The minimum Gasteiger partial charge on any atom is -0.384 e. The molecule has 0 aromatic heterocycles. The predicted molar refractivity (Wildman–Crippen MR) is 68.7 cm³/mol. The summed E-state index contributed by atoms with van der Waals surface area (Å²) in [5.41, 5.74) is 1.67. The van der Waals surface area contributed by atoms with E-state index in [1.807, 2.05) is 0 Å². The quantitative estimate of drug-likeness (QED) is 0.664. The third kappa shape index (κ3) is 2.55. The van der Waals surface area contributed by atoms with Gasteiger partial charge in [0.05, 0.1) is 6.10 Å². The Morgan fingerprint density at radius 2 is 1.67 bits per heavy atom. The Morgan fingerprint density at radius 3 is 2.11 bits per heavy atom. The molecule has 0 fully saturated rings. The van der Waals surface area contributed by atoms with Crippen molar-refractivity contribution in [1.29, 1.82) is 0 Å². The van der Waals surface area contributed by atoms with Gasteiger partial charge in [-0.1, -0.05) is 13.8 Å². The molecule has 0 saturated heterocycles. The average molecular weight is 254 g/mol. The fraction of sp³-hybridized carbons (Fsp3) is 0.643. The number of rotatable bonds is 3. The van der Waals surface area contributed by atoms with Crippen molar-refractivity contribution in [2.75, 3.05) is 0 Å². The Balaban J connectivity index is 3.27. The second-order valence-corrected chi connectivity index (χ2v) is 5.65. The van der Waals surface area contributed by atoms with Crippen molar-refractivity contribution >= 4 is 5.78 Å². The van der Waals surface area contributed by atoms with Crippen LogP contribution in [0.1, 0.15) is 41.0 Å². The Bertz CT molecular complexity index is 427. The van der Waals surface area contributed by atoms with E-state index in [9.17, 15) is 9.90 Å². The van der Waals surface area contributed by atoms with Crippen molar-refractivity contribution < 1.29 is 20.1 Å². The van der Waals surface area contributed by atoms with E-state index in [0.29, 0.717) is 22.3 Å². The van der Waals surface area contributed by atoms with Crippen molar-refractivity contribution in [3.63, 3.8) is 0 Å². The molecule has 0 heterocycles. The fourth-order valence-corrected chi connectivity index (χ4v) is 2.65. The molecule has 0 aromatic carbocycles. The molecule has 0 bridgehead atoms. The minimum absolute atomic E-state index is 0.0756. The summed E-state index contributed by atoms with van der Waals surface area (Å²) in [7, 11) is 0. The number of hydrogen-bond acceptors (Lipinski definition) is 4. The molecule has 0 radical (unpaired) electrons. The number of Topliss-reactive ketones (excluding diaryl/α,β-unsaturated/α-hetero) is 1.